The van der Waals surface area contributed by atoms with E-state index in [0.29, 0.717) is 27.2 Å². The van der Waals surface area contributed by atoms with Crippen LogP contribution in [0.15, 0.2) is 53.0 Å². The molecule has 1 aromatic heterocycles. The number of aromatic nitrogens is 2. The van der Waals surface area contributed by atoms with Gasteiger partial charge in [0.25, 0.3) is 0 Å². The lowest BCUT2D eigenvalue weighted by Gasteiger charge is -2.21. The zero-order valence-electron chi connectivity index (χ0n) is 16.8. The van der Waals surface area contributed by atoms with Crippen LogP contribution >= 0.6 is 15.9 Å². The minimum atomic E-state index is -4.80. The summed E-state index contributed by atoms with van der Waals surface area (Å²) in [5.74, 6) is -0.226. The van der Waals surface area contributed by atoms with Crippen molar-refractivity contribution in [3.8, 4) is 17.0 Å². The van der Waals surface area contributed by atoms with Crippen LogP contribution in [-0.2, 0) is 0 Å². The van der Waals surface area contributed by atoms with E-state index in [9.17, 15) is 17.6 Å². The van der Waals surface area contributed by atoms with Crippen LogP contribution in [-0.4, -0.2) is 21.9 Å². The van der Waals surface area contributed by atoms with Gasteiger partial charge in [-0.3, -0.25) is 0 Å². The van der Waals surface area contributed by atoms with Gasteiger partial charge in [0.05, 0.1) is 10.2 Å². The first-order chi connectivity index (χ1) is 14.4. The maximum absolute atomic E-state index is 13.9. The molecule has 0 amide bonds. The van der Waals surface area contributed by atoms with Crippen LogP contribution in [0, 0.1) is 5.82 Å². The first kappa shape index (κ1) is 22.8. The monoisotopic (exact) mass is 498 g/mol. The van der Waals surface area contributed by atoms with Gasteiger partial charge in [-0.2, -0.15) is 4.98 Å². The maximum atomic E-state index is 13.9. The van der Waals surface area contributed by atoms with Crippen LogP contribution in [0.5, 0.6) is 5.75 Å². The molecule has 0 aliphatic carbocycles. The lowest BCUT2D eigenvalue weighted by molar-refractivity contribution is -0.274. The summed E-state index contributed by atoms with van der Waals surface area (Å²) < 4.78 is 56.0. The van der Waals surface area contributed by atoms with Crippen molar-refractivity contribution in [3.63, 3.8) is 0 Å². The molecule has 164 valence electrons. The molecule has 0 aliphatic heterocycles. The predicted octanol–water partition coefficient (Wildman–Crippen LogP) is 6.90. The summed E-state index contributed by atoms with van der Waals surface area (Å²) in [4.78, 5) is 8.81. The highest BCUT2D eigenvalue weighted by molar-refractivity contribution is 9.10. The summed E-state index contributed by atoms with van der Waals surface area (Å²) in [5.41, 5.74) is 0.822. The highest BCUT2D eigenvalue weighted by Gasteiger charge is 2.31. The highest BCUT2D eigenvalue weighted by Crippen LogP contribution is 2.30. The van der Waals surface area contributed by atoms with Gasteiger partial charge in [-0.1, -0.05) is 12.1 Å². The molecule has 10 heteroatoms. The maximum Gasteiger partial charge on any atom is 0.573 e. The number of hydrogen-bond donors (Lipinski definition) is 2. The average Bonchev–Trinajstić information content (AvgIpc) is 2.62. The van der Waals surface area contributed by atoms with E-state index in [1.807, 2.05) is 20.8 Å². The Bertz CT molecular complexity index is 1080. The Balaban J connectivity index is 2.01. The second-order valence-corrected chi connectivity index (χ2v) is 8.52. The van der Waals surface area contributed by atoms with Crippen molar-refractivity contribution in [1.29, 1.82) is 0 Å². The van der Waals surface area contributed by atoms with Gasteiger partial charge in [-0.05, 0) is 67.0 Å². The van der Waals surface area contributed by atoms with Gasteiger partial charge in [-0.25, -0.2) is 9.37 Å². The molecule has 3 rings (SSSR count). The van der Waals surface area contributed by atoms with E-state index in [-0.39, 0.29) is 17.2 Å². The number of benzene rings is 2. The number of nitrogens with zero attached hydrogens (tertiary/aromatic N) is 2. The second-order valence-electron chi connectivity index (χ2n) is 7.67. The van der Waals surface area contributed by atoms with Crippen LogP contribution in [0.2, 0.25) is 0 Å². The molecule has 0 aliphatic rings. The molecule has 2 aromatic carbocycles. The van der Waals surface area contributed by atoms with E-state index in [1.165, 1.54) is 24.3 Å². The Labute approximate surface area is 185 Å². The van der Waals surface area contributed by atoms with Crippen molar-refractivity contribution in [3.05, 3.63) is 58.8 Å². The molecule has 0 bridgehead atoms. The number of anilines is 3. The summed E-state index contributed by atoms with van der Waals surface area (Å²) >= 11 is 3.10. The van der Waals surface area contributed by atoms with Crippen LogP contribution in [0.4, 0.5) is 35.0 Å². The zero-order valence-corrected chi connectivity index (χ0v) is 18.4. The number of ether oxygens (including phenoxy) is 1. The smallest absolute Gasteiger partial charge is 0.406 e. The van der Waals surface area contributed by atoms with E-state index in [2.05, 4.69) is 41.3 Å². The van der Waals surface area contributed by atoms with Crippen LogP contribution in [0.1, 0.15) is 20.8 Å². The molecule has 5 nitrogen and oxygen atoms in total. The van der Waals surface area contributed by atoms with Gasteiger partial charge in [0.1, 0.15) is 17.4 Å². The van der Waals surface area contributed by atoms with Gasteiger partial charge in [0.2, 0.25) is 5.95 Å². The SMILES string of the molecule is CC(C)(C)Nc1nc(Nc2ccc(Br)c(F)c2)cc(-c2cccc(OC(F)(F)F)c2)n1. The molecular formula is C21H19BrF4N4O. The lowest BCUT2D eigenvalue weighted by atomic mass is 10.1. The van der Waals surface area contributed by atoms with Crippen molar-refractivity contribution in [2.45, 2.75) is 32.7 Å². The van der Waals surface area contributed by atoms with Crippen LogP contribution in [0.25, 0.3) is 11.3 Å². The molecule has 0 fully saturated rings. The molecule has 31 heavy (non-hydrogen) atoms. The minimum absolute atomic E-state index is 0.257. The summed E-state index contributed by atoms with van der Waals surface area (Å²) in [7, 11) is 0. The van der Waals surface area contributed by atoms with E-state index in [4.69, 9.17) is 0 Å². The van der Waals surface area contributed by atoms with Gasteiger partial charge in [0, 0.05) is 22.9 Å². The Morgan fingerprint density at radius 3 is 2.35 bits per heavy atom. The van der Waals surface area contributed by atoms with E-state index < -0.39 is 12.2 Å². The summed E-state index contributed by atoms with van der Waals surface area (Å²) in [6.07, 6.45) is -4.80. The zero-order chi connectivity index (χ0) is 22.8. The van der Waals surface area contributed by atoms with Gasteiger partial charge in [0.15, 0.2) is 0 Å². The first-order valence-electron chi connectivity index (χ1n) is 9.13. The Morgan fingerprint density at radius 2 is 1.71 bits per heavy atom. The molecule has 1 heterocycles. The molecule has 0 unspecified atom stereocenters. The normalized spacial score (nSPS) is 11.9. The third-order valence-corrected chi connectivity index (χ3v) is 4.41. The fourth-order valence-electron chi connectivity index (χ4n) is 2.62. The van der Waals surface area contributed by atoms with Crippen LogP contribution < -0.4 is 15.4 Å². The second kappa shape index (κ2) is 8.70. The molecular weight excluding hydrogens is 480 g/mol. The van der Waals surface area contributed by atoms with E-state index in [0.717, 1.165) is 0 Å². The quantitative estimate of drug-likeness (QED) is 0.374. The average molecular weight is 499 g/mol. The molecule has 0 spiro atoms. The molecule has 0 atom stereocenters. The van der Waals surface area contributed by atoms with Crippen molar-refractivity contribution in [2.24, 2.45) is 0 Å². The molecule has 0 saturated carbocycles. The largest absolute Gasteiger partial charge is 0.573 e. The minimum Gasteiger partial charge on any atom is -0.406 e. The number of alkyl halides is 3. The standard InChI is InChI=1S/C21H19BrF4N4O/c1-20(2,3)30-19-28-17(12-5-4-6-14(9-12)31-21(24,25)26)11-18(29-19)27-13-7-8-15(22)16(23)10-13/h4-11H,1-3H3,(H2,27,28,29,30). The number of rotatable bonds is 5. The number of nitrogens with one attached hydrogen (secondary N) is 2. The fraction of sp³-hybridized carbons (Fsp3) is 0.238. The molecule has 3 aromatic rings. The van der Waals surface area contributed by atoms with Crippen molar-refractivity contribution in [1.82, 2.24) is 9.97 Å². The third kappa shape index (κ3) is 6.81. The van der Waals surface area contributed by atoms with Crippen molar-refractivity contribution < 1.29 is 22.3 Å². The topological polar surface area (TPSA) is 59.1 Å². The number of halogens is 5. The van der Waals surface area contributed by atoms with Gasteiger partial charge >= 0.3 is 6.36 Å². The Morgan fingerprint density at radius 1 is 0.968 bits per heavy atom. The van der Waals surface area contributed by atoms with E-state index in [1.54, 1.807) is 24.3 Å². The van der Waals surface area contributed by atoms with Gasteiger partial charge < -0.3 is 15.4 Å². The van der Waals surface area contributed by atoms with Crippen molar-refractivity contribution >= 4 is 33.4 Å². The predicted molar refractivity (Wildman–Crippen MR) is 115 cm³/mol. The Kier molecular flexibility index (Phi) is 6.40. The van der Waals surface area contributed by atoms with Crippen LogP contribution in [0.3, 0.4) is 0 Å². The fourth-order valence-corrected chi connectivity index (χ4v) is 2.87. The lowest BCUT2D eigenvalue weighted by Crippen LogP contribution is -2.27. The van der Waals surface area contributed by atoms with E-state index >= 15 is 0 Å². The van der Waals surface area contributed by atoms with Gasteiger partial charge in [-0.15, -0.1) is 13.2 Å². The molecule has 0 radical (unpaired) electrons. The number of hydrogen-bond acceptors (Lipinski definition) is 5. The summed E-state index contributed by atoms with van der Waals surface area (Å²) in [6, 6.07) is 11.5. The summed E-state index contributed by atoms with van der Waals surface area (Å²) in [6.45, 7) is 5.74. The summed E-state index contributed by atoms with van der Waals surface area (Å²) in [5, 5.41) is 6.13. The third-order valence-electron chi connectivity index (χ3n) is 3.77. The highest BCUT2D eigenvalue weighted by atomic mass is 79.9. The Hall–Kier alpha value is -2.88. The molecule has 2 N–H and O–H groups in total. The molecule has 0 saturated heterocycles. The van der Waals surface area contributed by atoms with Crippen molar-refractivity contribution in [2.75, 3.05) is 10.6 Å². The first-order valence-corrected chi connectivity index (χ1v) is 9.93.